The number of hydrogen-bond acceptors (Lipinski definition) is 7. The van der Waals surface area contributed by atoms with E-state index < -0.39 is 0 Å². The molecule has 5 fully saturated rings. The van der Waals surface area contributed by atoms with Gasteiger partial charge in [0.25, 0.3) is 11.5 Å². The molecule has 51 heavy (non-hydrogen) atoms. The smallest absolute Gasteiger partial charge is 0.253 e. The molecule has 10 nitrogen and oxygen atoms in total. The van der Waals surface area contributed by atoms with Crippen molar-refractivity contribution in [2.45, 2.75) is 85.2 Å². The number of H-pyrrole nitrogens is 1. The lowest BCUT2D eigenvalue weighted by atomic mass is 9.13. The van der Waals surface area contributed by atoms with Crippen LogP contribution in [0.5, 0.6) is 0 Å². The molecular weight excluding hydrogens is 638 g/mol. The molecule has 8 rings (SSSR count). The first-order valence-corrected chi connectivity index (χ1v) is 18.9. The summed E-state index contributed by atoms with van der Waals surface area (Å²) in [7, 11) is 0. The molecule has 0 bridgehead atoms. The van der Waals surface area contributed by atoms with Crippen LogP contribution in [0.1, 0.15) is 91.5 Å². The van der Waals surface area contributed by atoms with E-state index in [9.17, 15) is 14.4 Å². The Labute approximate surface area is 300 Å². The number of nitrogens with zero attached hydrogens (tertiary/aromatic N) is 3. The predicted octanol–water partition coefficient (Wildman–Crippen LogP) is 6.06. The fourth-order valence-corrected chi connectivity index (χ4v) is 11.2. The molecule has 2 unspecified atom stereocenters. The molecule has 10 heteroatoms. The molecule has 268 valence electrons. The number of aromatic amines is 1. The zero-order valence-corrected chi connectivity index (χ0v) is 30.4. The fraction of sp³-hybridized carbons (Fsp3) is 0.537. The topological polar surface area (TPSA) is 134 Å². The van der Waals surface area contributed by atoms with Crippen molar-refractivity contribution in [2.24, 2.45) is 28.6 Å². The minimum absolute atomic E-state index is 0.0759. The summed E-state index contributed by atoms with van der Waals surface area (Å²) in [5.41, 5.74) is 6.39. The molecule has 2 amide bonds. The number of piperazine rings is 1. The first-order chi connectivity index (χ1) is 24.5. The van der Waals surface area contributed by atoms with E-state index in [0.29, 0.717) is 53.2 Å². The van der Waals surface area contributed by atoms with E-state index in [0.717, 1.165) is 70.9 Å². The zero-order chi connectivity index (χ0) is 35.7. The average molecular weight is 690 g/mol. The van der Waals surface area contributed by atoms with Crippen molar-refractivity contribution in [1.82, 2.24) is 20.2 Å². The number of carbonyl (C=O) groups excluding carboxylic acids is 2. The molecule has 3 heterocycles. The van der Waals surface area contributed by atoms with E-state index in [2.05, 4.69) is 20.5 Å². The van der Waals surface area contributed by atoms with E-state index in [-0.39, 0.29) is 24.1 Å². The molecule has 2 atom stereocenters. The van der Waals surface area contributed by atoms with Crippen LogP contribution in [0.2, 0.25) is 0 Å². The number of anilines is 2. The predicted molar refractivity (Wildman–Crippen MR) is 200 cm³/mol. The second kappa shape index (κ2) is 12.6. The van der Waals surface area contributed by atoms with Crippen LogP contribution >= 0.6 is 0 Å². The summed E-state index contributed by atoms with van der Waals surface area (Å²) in [6.07, 6.45) is 11.9. The molecule has 1 aliphatic heterocycles. The van der Waals surface area contributed by atoms with E-state index in [1.54, 1.807) is 6.07 Å². The third-order valence-corrected chi connectivity index (χ3v) is 13.4. The Kier molecular flexibility index (Phi) is 8.34. The van der Waals surface area contributed by atoms with Crippen molar-refractivity contribution >= 4 is 29.5 Å². The summed E-state index contributed by atoms with van der Waals surface area (Å²) >= 11 is 0. The van der Waals surface area contributed by atoms with Gasteiger partial charge in [-0.05, 0) is 136 Å². The van der Waals surface area contributed by atoms with Gasteiger partial charge in [0, 0.05) is 85.7 Å². The maximum Gasteiger partial charge on any atom is 0.253 e. The summed E-state index contributed by atoms with van der Waals surface area (Å²) < 4.78 is 0. The second-order valence-electron chi connectivity index (χ2n) is 16.4. The molecule has 5 aliphatic rings. The summed E-state index contributed by atoms with van der Waals surface area (Å²) in [6.45, 7) is 10.7. The number of benzene rings is 1. The molecule has 4 saturated carbocycles. The van der Waals surface area contributed by atoms with Crippen LogP contribution in [0.3, 0.4) is 0 Å². The van der Waals surface area contributed by atoms with Gasteiger partial charge in [-0.15, -0.1) is 0 Å². The third kappa shape index (κ3) is 5.39. The second-order valence-corrected chi connectivity index (χ2v) is 16.4. The standard InChI is InChI=1S/C41H51N7O3/c1-24(2)45-35-16-28(15-32(33(35)21-42)38(50)44-23-34-25(3)14-26(4)46-39(34)51)27-7-8-36(43-22-27)47-10-12-48(13-11-47)37(49)6-5-9-40-19-30-17-29-18-31(20-40)41(29,30)40/h7-8,14-16,21-22,24,29-31,42,45H,5-6,9-13,17-20,23H2,1-4H3,(H,44,50)(H,46,51). The largest absolute Gasteiger partial charge is 0.382 e. The highest BCUT2D eigenvalue weighted by Gasteiger charge is 2.86. The fourth-order valence-electron chi connectivity index (χ4n) is 11.2. The Morgan fingerprint density at radius 2 is 1.78 bits per heavy atom. The number of hydrogen-bond donors (Lipinski definition) is 4. The monoisotopic (exact) mass is 689 g/mol. The summed E-state index contributed by atoms with van der Waals surface area (Å²) in [5.74, 6) is 3.91. The lowest BCUT2D eigenvalue weighted by Crippen LogP contribution is -2.85. The van der Waals surface area contributed by atoms with Gasteiger partial charge in [-0.3, -0.25) is 14.4 Å². The number of rotatable bonds is 12. The van der Waals surface area contributed by atoms with Crippen LogP contribution in [0.4, 0.5) is 11.5 Å². The van der Waals surface area contributed by atoms with Gasteiger partial charge in [0.1, 0.15) is 5.82 Å². The lowest BCUT2D eigenvalue weighted by molar-refractivity contribution is -0.433. The van der Waals surface area contributed by atoms with Gasteiger partial charge in [0.2, 0.25) is 5.91 Å². The SMILES string of the molecule is Cc1cc(C)c(CNC(=O)c2cc(-c3ccc(N4CCN(C(=O)CCCC56CC7CC8CC(C5)C876)CC4)nc3)cc(NC(C)C)c2C=N)c(=O)[nH]1. The molecule has 1 aromatic carbocycles. The maximum atomic E-state index is 13.6. The van der Waals surface area contributed by atoms with E-state index >= 15 is 0 Å². The summed E-state index contributed by atoms with van der Waals surface area (Å²) in [6, 6.07) is 9.72. The van der Waals surface area contributed by atoms with Gasteiger partial charge in [-0.2, -0.15) is 0 Å². The van der Waals surface area contributed by atoms with Gasteiger partial charge in [-0.25, -0.2) is 4.98 Å². The molecule has 3 aromatic rings. The number of aromatic nitrogens is 2. The quantitative estimate of drug-likeness (QED) is 0.171. The zero-order valence-electron chi connectivity index (χ0n) is 30.4. The van der Waals surface area contributed by atoms with Crippen LogP contribution in [-0.4, -0.2) is 65.1 Å². The third-order valence-electron chi connectivity index (χ3n) is 13.4. The van der Waals surface area contributed by atoms with E-state index in [1.807, 2.05) is 63.1 Å². The highest BCUT2D eigenvalue weighted by Crippen LogP contribution is 2.93. The van der Waals surface area contributed by atoms with Crippen LogP contribution in [-0.2, 0) is 11.3 Å². The van der Waals surface area contributed by atoms with Gasteiger partial charge in [0.05, 0.1) is 5.56 Å². The molecule has 0 radical (unpaired) electrons. The van der Waals surface area contributed by atoms with Crippen molar-refractivity contribution in [2.75, 3.05) is 36.4 Å². The van der Waals surface area contributed by atoms with Crippen LogP contribution in [0, 0.1) is 47.8 Å². The first kappa shape index (κ1) is 33.7. The van der Waals surface area contributed by atoms with Crippen molar-refractivity contribution in [3.63, 3.8) is 0 Å². The number of pyridine rings is 2. The number of aryl methyl sites for hydroxylation is 2. The van der Waals surface area contributed by atoms with Crippen LogP contribution in [0.15, 0.2) is 41.3 Å². The summed E-state index contributed by atoms with van der Waals surface area (Å²) in [4.78, 5) is 51.2. The lowest BCUT2D eigenvalue weighted by Gasteiger charge is -2.92. The van der Waals surface area contributed by atoms with Crippen molar-refractivity contribution in [1.29, 1.82) is 5.41 Å². The molecule has 1 spiro atoms. The molecule has 2 aromatic heterocycles. The average Bonchev–Trinajstić information content (AvgIpc) is 3.07. The Hall–Kier alpha value is -4.47. The summed E-state index contributed by atoms with van der Waals surface area (Å²) in [5, 5.41) is 14.5. The number of amides is 2. The van der Waals surface area contributed by atoms with Crippen molar-refractivity contribution in [3.05, 3.63) is 74.8 Å². The van der Waals surface area contributed by atoms with Crippen LogP contribution in [0.25, 0.3) is 11.1 Å². The normalized spacial score (nSPS) is 26.9. The highest BCUT2D eigenvalue weighted by molar-refractivity contribution is 6.06. The van der Waals surface area contributed by atoms with Gasteiger partial charge in [-0.1, -0.05) is 0 Å². The Morgan fingerprint density at radius 1 is 1.04 bits per heavy atom. The molecular formula is C41H51N7O3. The maximum absolute atomic E-state index is 13.6. The Bertz CT molecular complexity index is 1920. The van der Waals surface area contributed by atoms with E-state index in [1.165, 1.54) is 38.3 Å². The van der Waals surface area contributed by atoms with Crippen molar-refractivity contribution in [3.8, 4) is 11.1 Å². The molecule has 4 N–H and O–H groups in total. The van der Waals surface area contributed by atoms with E-state index in [4.69, 9.17) is 10.4 Å². The van der Waals surface area contributed by atoms with Gasteiger partial charge < -0.3 is 30.8 Å². The van der Waals surface area contributed by atoms with Crippen molar-refractivity contribution < 1.29 is 9.59 Å². The molecule has 4 aliphatic carbocycles. The highest BCUT2D eigenvalue weighted by atomic mass is 16.2. The number of carbonyl (C=O) groups is 2. The molecule has 1 saturated heterocycles. The first-order valence-electron chi connectivity index (χ1n) is 18.9. The Morgan fingerprint density at radius 3 is 2.39 bits per heavy atom. The van der Waals surface area contributed by atoms with Crippen LogP contribution < -0.4 is 21.1 Å². The number of nitrogens with one attached hydrogen (secondary N) is 4. The minimum Gasteiger partial charge on any atom is -0.382 e. The van der Waals surface area contributed by atoms with Gasteiger partial charge in [0.15, 0.2) is 0 Å². The Balaban J connectivity index is 0.901. The van der Waals surface area contributed by atoms with Gasteiger partial charge >= 0.3 is 0 Å². The minimum atomic E-state index is -0.364.